The number of hydrogen-bond donors (Lipinski definition) is 1. The maximum Gasteiger partial charge on any atom is 0.0490 e. The Hall–Kier alpha value is -0.930. The van der Waals surface area contributed by atoms with Crippen molar-refractivity contribution in [1.29, 1.82) is 0 Å². The number of nitrogens with two attached hydrogens (primary N) is 1. The van der Waals surface area contributed by atoms with E-state index in [0.717, 1.165) is 6.54 Å². The van der Waals surface area contributed by atoms with Gasteiger partial charge in [0.25, 0.3) is 0 Å². The molecule has 16 heavy (non-hydrogen) atoms. The molecule has 1 aromatic rings. The van der Waals surface area contributed by atoms with E-state index in [1.807, 2.05) is 18.5 Å². The van der Waals surface area contributed by atoms with Crippen LogP contribution < -0.4 is 5.73 Å². The minimum Gasteiger partial charge on any atom is -0.329 e. The fourth-order valence-electron chi connectivity index (χ4n) is 2.72. The van der Waals surface area contributed by atoms with Gasteiger partial charge in [-0.2, -0.15) is 0 Å². The van der Waals surface area contributed by atoms with Gasteiger partial charge in [-0.1, -0.05) is 6.07 Å². The molecule has 1 saturated heterocycles. The molecular weight excluding hydrogens is 198 g/mol. The first-order valence-electron chi connectivity index (χ1n) is 6.02. The summed E-state index contributed by atoms with van der Waals surface area (Å²) in [4.78, 5) is 6.71. The minimum atomic E-state index is 0.264. The van der Waals surface area contributed by atoms with E-state index in [9.17, 15) is 0 Å². The van der Waals surface area contributed by atoms with Crippen molar-refractivity contribution < 1.29 is 0 Å². The van der Waals surface area contributed by atoms with Crippen molar-refractivity contribution in [2.24, 2.45) is 5.73 Å². The largest absolute Gasteiger partial charge is 0.329 e. The molecule has 1 aromatic heterocycles. The third kappa shape index (κ3) is 2.11. The lowest BCUT2D eigenvalue weighted by atomic mass is 9.98. The van der Waals surface area contributed by atoms with E-state index < -0.39 is 0 Å². The average Bonchev–Trinajstić information content (AvgIpc) is 2.62. The third-order valence-corrected chi connectivity index (χ3v) is 3.63. The Morgan fingerprint density at radius 1 is 1.56 bits per heavy atom. The van der Waals surface area contributed by atoms with Gasteiger partial charge in [0, 0.05) is 30.5 Å². The first-order chi connectivity index (χ1) is 7.65. The van der Waals surface area contributed by atoms with Crippen LogP contribution in [-0.2, 0) is 0 Å². The summed E-state index contributed by atoms with van der Waals surface area (Å²) in [5, 5.41) is 0. The molecule has 1 aliphatic rings. The molecule has 0 amide bonds. The smallest absolute Gasteiger partial charge is 0.0490 e. The van der Waals surface area contributed by atoms with Crippen LogP contribution in [0.3, 0.4) is 0 Å². The second-order valence-electron chi connectivity index (χ2n) is 5.15. The molecule has 1 unspecified atom stereocenters. The van der Waals surface area contributed by atoms with Gasteiger partial charge in [-0.25, -0.2) is 0 Å². The van der Waals surface area contributed by atoms with Gasteiger partial charge in [0.05, 0.1) is 0 Å². The number of aromatic nitrogens is 1. The summed E-state index contributed by atoms with van der Waals surface area (Å²) < 4.78 is 0. The van der Waals surface area contributed by atoms with Gasteiger partial charge in [-0.05, 0) is 44.9 Å². The fourth-order valence-corrected chi connectivity index (χ4v) is 2.72. The standard InChI is InChI=1S/C13H21N3/c1-13(2)6-4-8-16(13)12(9-14)11-5-3-7-15-10-11/h3,5,7,10,12H,4,6,8-9,14H2,1-2H3. The second kappa shape index (κ2) is 4.52. The van der Waals surface area contributed by atoms with Crippen LogP contribution in [0.4, 0.5) is 0 Å². The summed E-state index contributed by atoms with van der Waals surface area (Å²) in [6.07, 6.45) is 6.27. The van der Waals surface area contributed by atoms with E-state index in [1.54, 1.807) is 0 Å². The Kier molecular flexibility index (Phi) is 3.26. The Morgan fingerprint density at radius 2 is 2.38 bits per heavy atom. The van der Waals surface area contributed by atoms with Crippen LogP contribution in [0.5, 0.6) is 0 Å². The van der Waals surface area contributed by atoms with Crippen LogP contribution in [0.1, 0.15) is 38.3 Å². The van der Waals surface area contributed by atoms with Crippen molar-refractivity contribution in [3.63, 3.8) is 0 Å². The van der Waals surface area contributed by atoms with Crippen molar-refractivity contribution in [3.05, 3.63) is 30.1 Å². The van der Waals surface area contributed by atoms with Crippen molar-refractivity contribution in [2.75, 3.05) is 13.1 Å². The third-order valence-electron chi connectivity index (χ3n) is 3.63. The summed E-state index contributed by atoms with van der Waals surface area (Å²) in [6, 6.07) is 4.42. The molecule has 3 heteroatoms. The Labute approximate surface area is 97.7 Å². The summed E-state index contributed by atoms with van der Waals surface area (Å²) in [6.45, 7) is 6.41. The van der Waals surface area contributed by atoms with E-state index >= 15 is 0 Å². The lowest BCUT2D eigenvalue weighted by Gasteiger charge is -2.38. The van der Waals surface area contributed by atoms with Crippen LogP contribution in [0.2, 0.25) is 0 Å². The topological polar surface area (TPSA) is 42.1 Å². The SMILES string of the molecule is CC1(C)CCCN1C(CN)c1cccnc1. The normalized spacial score (nSPS) is 22.2. The highest BCUT2D eigenvalue weighted by Gasteiger charge is 2.36. The van der Waals surface area contributed by atoms with Crippen LogP contribution in [0.25, 0.3) is 0 Å². The molecule has 0 radical (unpaired) electrons. The fraction of sp³-hybridized carbons (Fsp3) is 0.615. The number of rotatable bonds is 3. The Balaban J connectivity index is 2.23. The second-order valence-corrected chi connectivity index (χ2v) is 5.15. The highest BCUT2D eigenvalue weighted by Crippen LogP contribution is 2.35. The summed E-state index contributed by atoms with van der Waals surface area (Å²) in [5.41, 5.74) is 7.44. The van der Waals surface area contributed by atoms with Crippen molar-refractivity contribution in [3.8, 4) is 0 Å². The zero-order valence-corrected chi connectivity index (χ0v) is 10.2. The lowest BCUT2D eigenvalue weighted by Crippen LogP contribution is -2.43. The molecule has 1 atom stereocenters. The molecule has 2 rings (SSSR count). The maximum atomic E-state index is 5.94. The molecule has 0 aromatic carbocycles. The lowest BCUT2D eigenvalue weighted by molar-refractivity contribution is 0.119. The van der Waals surface area contributed by atoms with Gasteiger partial charge >= 0.3 is 0 Å². The molecule has 0 spiro atoms. The van der Waals surface area contributed by atoms with Gasteiger partial charge in [0.2, 0.25) is 0 Å². The maximum absolute atomic E-state index is 5.94. The molecule has 0 aliphatic carbocycles. The zero-order valence-electron chi connectivity index (χ0n) is 10.2. The Bertz CT molecular complexity index is 334. The van der Waals surface area contributed by atoms with Crippen LogP contribution in [0, 0.1) is 0 Å². The summed E-state index contributed by atoms with van der Waals surface area (Å²) in [7, 11) is 0. The first kappa shape index (κ1) is 11.6. The monoisotopic (exact) mass is 219 g/mol. The number of pyridine rings is 1. The number of hydrogen-bond acceptors (Lipinski definition) is 3. The van der Waals surface area contributed by atoms with Crippen LogP contribution in [0.15, 0.2) is 24.5 Å². The average molecular weight is 219 g/mol. The predicted octanol–water partition coefficient (Wildman–Crippen LogP) is 1.96. The zero-order chi connectivity index (χ0) is 11.6. The Morgan fingerprint density at radius 3 is 2.88 bits per heavy atom. The molecule has 3 nitrogen and oxygen atoms in total. The van der Waals surface area contributed by atoms with Crippen LogP contribution in [-0.4, -0.2) is 28.5 Å². The van der Waals surface area contributed by atoms with Gasteiger partial charge in [0.1, 0.15) is 0 Å². The van der Waals surface area contributed by atoms with E-state index in [2.05, 4.69) is 29.8 Å². The summed E-state index contributed by atoms with van der Waals surface area (Å²) in [5.74, 6) is 0. The molecule has 88 valence electrons. The number of likely N-dealkylation sites (tertiary alicyclic amines) is 1. The van der Waals surface area contributed by atoms with Crippen molar-refractivity contribution in [1.82, 2.24) is 9.88 Å². The highest BCUT2D eigenvalue weighted by atomic mass is 15.2. The van der Waals surface area contributed by atoms with E-state index in [4.69, 9.17) is 5.73 Å². The highest BCUT2D eigenvalue weighted by molar-refractivity contribution is 5.16. The molecule has 0 bridgehead atoms. The quantitative estimate of drug-likeness (QED) is 0.845. The van der Waals surface area contributed by atoms with Gasteiger partial charge in [-0.15, -0.1) is 0 Å². The van der Waals surface area contributed by atoms with Crippen molar-refractivity contribution in [2.45, 2.75) is 38.3 Å². The van der Waals surface area contributed by atoms with Gasteiger partial charge in [0.15, 0.2) is 0 Å². The van der Waals surface area contributed by atoms with E-state index in [1.165, 1.54) is 18.4 Å². The molecule has 1 aliphatic heterocycles. The summed E-state index contributed by atoms with van der Waals surface area (Å²) >= 11 is 0. The van der Waals surface area contributed by atoms with Crippen molar-refractivity contribution >= 4 is 0 Å². The van der Waals surface area contributed by atoms with Gasteiger partial charge in [-0.3, -0.25) is 9.88 Å². The van der Waals surface area contributed by atoms with Gasteiger partial charge < -0.3 is 5.73 Å². The predicted molar refractivity (Wildman–Crippen MR) is 66.1 cm³/mol. The molecule has 2 heterocycles. The minimum absolute atomic E-state index is 0.264. The van der Waals surface area contributed by atoms with E-state index in [-0.39, 0.29) is 5.54 Å². The number of nitrogens with zero attached hydrogens (tertiary/aromatic N) is 2. The molecule has 2 N–H and O–H groups in total. The van der Waals surface area contributed by atoms with E-state index in [0.29, 0.717) is 12.6 Å². The van der Waals surface area contributed by atoms with Crippen LogP contribution >= 0.6 is 0 Å². The first-order valence-corrected chi connectivity index (χ1v) is 6.02. The molecular formula is C13H21N3. The molecule has 1 fully saturated rings. The molecule has 0 saturated carbocycles.